The Balaban J connectivity index is 2.37. The normalized spacial score (nSPS) is 14.4. The zero-order chi connectivity index (χ0) is 13.3. The molecule has 0 amide bonds. The quantitative estimate of drug-likeness (QED) is 0.663. The van der Waals surface area contributed by atoms with Gasteiger partial charge >= 0.3 is 0 Å². The number of aliphatic hydroxyl groups is 1. The van der Waals surface area contributed by atoms with Gasteiger partial charge in [-0.2, -0.15) is 0 Å². The molecule has 0 spiro atoms. The molecule has 0 aliphatic carbocycles. The summed E-state index contributed by atoms with van der Waals surface area (Å²) in [6, 6.07) is 9.64. The molecule has 0 radical (unpaired) electrons. The van der Waals surface area contributed by atoms with Crippen molar-refractivity contribution in [1.82, 2.24) is 0 Å². The van der Waals surface area contributed by atoms with E-state index in [-0.39, 0.29) is 6.61 Å². The van der Waals surface area contributed by atoms with Gasteiger partial charge in [0.1, 0.15) is 0 Å². The van der Waals surface area contributed by atoms with Crippen molar-refractivity contribution in [2.24, 2.45) is 5.73 Å². The average molecular weight is 251 g/mol. The number of aliphatic hydroxyl groups excluding tert-OH is 1. The summed E-state index contributed by atoms with van der Waals surface area (Å²) in [4.78, 5) is 0. The van der Waals surface area contributed by atoms with Gasteiger partial charge in [-0.1, -0.05) is 56.5 Å². The summed E-state index contributed by atoms with van der Waals surface area (Å²) in [5.74, 6) is 0. The largest absolute Gasteiger partial charge is 0.394 e. The standard InChI is InChI=1S/C15H25NO2/c1-2-3-4-8-11-18-13-15(16,12-17)14-9-6-5-7-10-14/h5-7,9-10,17H,2-4,8,11-13,16H2,1H3. The predicted octanol–water partition coefficient (Wildman–Crippen LogP) is 2.43. The second kappa shape index (κ2) is 8.25. The molecular formula is C15H25NO2. The highest BCUT2D eigenvalue weighted by Gasteiger charge is 2.26. The molecule has 0 aliphatic heterocycles. The molecule has 3 N–H and O–H groups in total. The molecule has 1 aromatic rings. The van der Waals surface area contributed by atoms with Crippen LogP contribution in [0.5, 0.6) is 0 Å². The van der Waals surface area contributed by atoms with Crippen LogP contribution < -0.4 is 5.73 Å². The maximum atomic E-state index is 9.47. The lowest BCUT2D eigenvalue weighted by Gasteiger charge is -2.27. The third kappa shape index (κ3) is 4.77. The summed E-state index contributed by atoms with van der Waals surface area (Å²) in [5, 5.41) is 9.47. The molecule has 3 nitrogen and oxygen atoms in total. The van der Waals surface area contributed by atoms with E-state index in [0.29, 0.717) is 13.2 Å². The number of unbranched alkanes of at least 4 members (excludes halogenated alkanes) is 3. The van der Waals surface area contributed by atoms with Gasteiger partial charge in [0.25, 0.3) is 0 Å². The van der Waals surface area contributed by atoms with Gasteiger partial charge in [-0.25, -0.2) is 0 Å². The Bertz CT molecular complexity index is 316. The molecule has 0 aliphatic rings. The van der Waals surface area contributed by atoms with E-state index in [0.717, 1.165) is 12.0 Å². The van der Waals surface area contributed by atoms with Crippen molar-refractivity contribution >= 4 is 0 Å². The van der Waals surface area contributed by atoms with Crippen LogP contribution in [0, 0.1) is 0 Å². The molecule has 1 aromatic carbocycles. The number of hydrogen-bond acceptors (Lipinski definition) is 3. The van der Waals surface area contributed by atoms with Crippen LogP contribution in [0.1, 0.15) is 38.2 Å². The van der Waals surface area contributed by atoms with Crippen LogP contribution in [0.2, 0.25) is 0 Å². The molecule has 18 heavy (non-hydrogen) atoms. The first-order valence-corrected chi connectivity index (χ1v) is 6.76. The Hall–Kier alpha value is -0.900. The Morgan fingerprint density at radius 2 is 1.89 bits per heavy atom. The average Bonchev–Trinajstić information content (AvgIpc) is 2.43. The maximum Gasteiger partial charge on any atom is 0.0881 e. The van der Waals surface area contributed by atoms with E-state index < -0.39 is 5.54 Å². The first-order chi connectivity index (χ1) is 8.73. The summed E-state index contributed by atoms with van der Waals surface area (Å²) in [7, 11) is 0. The molecular weight excluding hydrogens is 226 g/mol. The van der Waals surface area contributed by atoms with E-state index in [2.05, 4.69) is 6.92 Å². The number of ether oxygens (including phenoxy) is 1. The van der Waals surface area contributed by atoms with Gasteiger partial charge in [-0.3, -0.25) is 0 Å². The van der Waals surface area contributed by atoms with E-state index >= 15 is 0 Å². The van der Waals surface area contributed by atoms with Crippen molar-refractivity contribution in [2.75, 3.05) is 19.8 Å². The van der Waals surface area contributed by atoms with Crippen molar-refractivity contribution in [3.63, 3.8) is 0 Å². The Labute approximate surface area is 110 Å². The molecule has 0 heterocycles. The van der Waals surface area contributed by atoms with Gasteiger partial charge in [0.15, 0.2) is 0 Å². The molecule has 1 atom stereocenters. The van der Waals surface area contributed by atoms with Crippen molar-refractivity contribution < 1.29 is 9.84 Å². The van der Waals surface area contributed by atoms with Crippen LogP contribution in [0.4, 0.5) is 0 Å². The zero-order valence-electron chi connectivity index (χ0n) is 11.3. The Morgan fingerprint density at radius 1 is 1.17 bits per heavy atom. The SMILES string of the molecule is CCCCCCOCC(N)(CO)c1ccccc1. The summed E-state index contributed by atoms with van der Waals surface area (Å²) in [5.41, 5.74) is 6.32. The van der Waals surface area contributed by atoms with Gasteiger partial charge in [0.2, 0.25) is 0 Å². The minimum Gasteiger partial charge on any atom is -0.394 e. The number of benzene rings is 1. The first kappa shape index (κ1) is 15.2. The van der Waals surface area contributed by atoms with Crippen LogP contribution in [0.3, 0.4) is 0 Å². The third-order valence-electron chi connectivity index (χ3n) is 3.13. The van der Waals surface area contributed by atoms with E-state index in [1.54, 1.807) is 0 Å². The Kier molecular flexibility index (Phi) is 6.94. The fourth-order valence-electron chi connectivity index (χ4n) is 1.88. The minimum absolute atomic E-state index is 0.105. The topological polar surface area (TPSA) is 55.5 Å². The van der Waals surface area contributed by atoms with Gasteiger partial charge in [-0.15, -0.1) is 0 Å². The highest BCUT2D eigenvalue weighted by atomic mass is 16.5. The molecule has 0 aromatic heterocycles. The highest BCUT2D eigenvalue weighted by Crippen LogP contribution is 2.18. The van der Waals surface area contributed by atoms with Crippen molar-refractivity contribution in [1.29, 1.82) is 0 Å². The summed E-state index contributed by atoms with van der Waals surface area (Å²) in [6.07, 6.45) is 4.72. The fraction of sp³-hybridized carbons (Fsp3) is 0.600. The second-order valence-electron chi connectivity index (χ2n) is 4.79. The molecule has 1 rings (SSSR count). The molecule has 1 unspecified atom stereocenters. The highest BCUT2D eigenvalue weighted by molar-refractivity contribution is 5.24. The van der Waals surface area contributed by atoms with Gasteiger partial charge in [0, 0.05) is 6.61 Å². The molecule has 0 saturated heterocycles. The maximum absolute atomic E-state index is 9.47. The lowest BCUT2D eigenvalue weighted by Crippen LogP contribution is -2.45. The van der Waals surface area contributed by atoms with Crippen molar-refractivity contribution in [2.45, 2.75) is 38.1 Å². The number of hydrogen-bond donors (Lipinski definition) is 2. The monoisotopic (exact) mass is 251 g/mol. The first-order valence-electron chi connectivity index (χ1n) is 6.76. The zero-order valence-corrected chi connectivity index (χ0v) is 11.3. The fourth-order valence-corrected chi connectivity index (χ4v) is 1.88. The molecule has 0 saturated carbocycles. The number of rotatable bonds is 9. The number of nitrogens with two attached hydrogens (primary N) is 1. The predicted molar refractivity (Wildman–Crippen MR) is 74.4 cm³/mol. The van der Waals surface area contributed by atoms with Crippen LogP contribution in [-0.2, 0) is 10.3 Å². The van der Waals surface area contributed by atoms with Crippen molar-refractivity contribution in [3.05, 3.63) is 35.9 Å². The molecule has 0 fully saturated rings. The Morgan fingerprint density at radius 3 is 2.50 bits per heavy atom. The second-order valence-corrected chi connectivity index (χ2v) is 4.79. The summed E-state index contributed by atoms with van der Waals surface area (Å²) < 4.78 is 5.61. The van der Waals surface area contributed by atoms with Crippen molar-refractivity contribution in [3.8, 4) is 0 Å². The van der Waals surface area contributed by atoms with E-state index in [4.69, 9.17) is 10.5 Å². The molecule has 102 valence electrons. The van der Waals surface area contributed by atoms with E-state index in [1.807, 2.05) is 30.3 Å². The molecule has 3 heteroatoms. The van der Waals surface area contributed by atoms with E-state index in [1.165, 1.54) is 19.3 Å². The minimum atomic E-state index is -0.786. The van der Waals surface area contributed by atoms with Crippen LogP contribution >= 0.6 is 0 Å². The smallest absolute Gasteiger partial charge is 0.0881 e. The summed E-state index contributed by atoms with van der Waals surface area (Å²) >= 11 is 0. The van der Waals surface area contributed by atoms with Gasteiger partial charge < -0.3 is 15.6 Å². The lowest BCUT2D eigenvalue weighted by molar-refractivity contribution is 0.0516. The third-order valence-corrected chi connectivity index (χ3v) is 3.13. The van der Waals surface area contributed by atoms with E-state index in [9.17, 15) is 5.11 Å². The van der Waals surface area contributed by atoms with Gasteiger partial charge in [0.05, 0.1) is 18.8 Å². The summed E-state index contributed by atoms with van der Waals surface area (Å²) in [6.45, 7) is 3.16. The van der Waals surface area contributed by atoms with Crippen LogP contribution in [-0.4, -0.2) is 24.9 Å². The molecule has 0 bridgehead atoms. The van der Waals surface area contributed by atoms with Gasteiger partial charge in [-0.05, 0) is 12.0 Å². The lowest BCUT2D eigenvalue weighted by atomic mass is 9.93. The van der Waals surface area contributed by atoms with Crippen LogP contribution in [0.15, 0.2) is 30.3 Å². The van der Waals surface area contributed by atoms with Crippen LogP contribution in [0.25, 0.3) is 0 Å².